The molecule has 0 heterocycles. The molecule has 0 aromatic carbocycles. The molecule has 0 spiro atoms. The molecule has 1 rings (SSSR count). The summed E-state index contributed by atoms with van der Waals surface area (Å²) in [5, 5.41) is 9.99. The monoisotopic (exact) mass is 269 g/mol. The van der Waals surface area contributed by atoms with E-state index in [1.807, 2.05) is 20.8 Å². The van der Waals surface area contributed by atoms with Crippen LogP contribution in [0, 0.1) is 16.7 Å². The van der Waals surface area contributed by atoms with Gasteiger partial charge in [0.05, 0.1) is 5.92 Å². The summed E-state index contributed by atoms with van der Waals surface area (Å²) < 4.78 is 5.01. The van der Waals surface area contributed by atoms with E-state index in [1.54, 1.807) is 6.92 Å². The first-order valence-corrected chi connectivity index (χ1v) is 6.56. The molecule has 1 aliphatic rings. The van der Waals surface area contributed by atoms with Gasteiger partial charge in [-0.25, -0.2) is 4.79 Å². The molecule has 0 aliphatic heterocycles. The highest BCUT2D eigenvalue weighted by atomic mass is 16.5. The zero-order valence-electron chi connectivity index (χ0n) is 12.1. The molecule has 0 radical (unpaired) electrons. The Morgan fingerprint density at radius 2 is 2.05 bits per heavy atom. The Hall–Kier alpha value is -1.59. The van der Waals surface area contributed by atoms with Gasteiger partial charge in [0.2, 0.25) is 0 Å². The van der Waals surface area contributed by atoms with Crippen molar-refractivity contribution in [3.05, 3.63) is 0 Å². The van der Waals surface area contributed by atoms with Crippen LogP contribution in [0.1, 0.15) is 40.5 Å². The number of rotatable bonds is 5. The lowest BCUT2D eigenvalue weighted by Gasteiger charge is -2.20. The van der Waals surface area contributed by atoms with Gasteiger partial charge in [0.1, 0.15) is 5.84 Å². The number of esters is 1. The Labute approximate surface area is 114 Å². The van der Waals surface area contributed by atoms with Crippen LogP contribution in [0.2, 0.25) is 0 Å². The van der Waals surface area contributed by atoms with Crippen LogP contribution in [-0.2, 0) is 9.53 Å². The van der Waals surface area contributed by atoms with E-state index in [2.05, 4.69) is 5.32 Å². The average molecular weight is 269 g/mol. The molecule has 0 aromatic heterocycles. The molecule has 1 aliphatic carbocycles. The lowest BCUT2D eigenvalue weighted by Crippen LogP contribution is -2.44. The predicted molar refractivity (Wildman–Crippen MR) is 71.8 cm³/mol. The van der Waals surface area contributed by atoms with Crippen LogP contribution in [0.4, 0.5) is 4.79 Å². The maximum atomic E-state index is 11.8. The molecule has 19 heavy (non-hydrogen) atoms. The van der Waals surface area contributed by atoms with Gasteiger partial charge in [-0.2, -0.15) is 0 Å². The van der Waals surface area contributed by atoms with E-state index >= 15 is 0 Å². The predicted octanol–water partition coefficient (Wildman–Crippen LogP) is 1.95. The first kappa shape index (κ1) is 15.5. The summed E-state index contributed by atoms with van der Waals surface area (Å²) in [5.74, 6) is -0.145. The van der Waals surface area contributed by atoms with Crippen LogP contribution in [0.5, 0.6) is 0 Å². The number of carbonyl (C=O) groups excluding carboxylic acids is 2. The van der Waals surface area contributed by atoms with Crippen LogP contribution in [0.3, 0.4) is 0 Å². The summed E-state index contributed by atoms with van der Waals surface area (Å²) >= 11 is 0. The summed E-state index contributed by atoms with van der Waals surface area (Å²) in [4.78, 5) is 24.7. The molecule has 0 bridgehead atoms. The molecule has 6 heteroatoms. The van der Waals surface area contributed by atoms with Crippen LogP contribution in [0.25, 0.3) is 0 Å². The first-order chi connectivity index (χ1) is 8.79. The number of ether oxygens (including phenoxy) is 1. The van der Waals surface area contributed by atoms with E-state index in [9.17, 15) is 9.59 Å². The summed E-state index contributed by atoms with van der Waals surface area (Å²) in [7, 11) is 0. The fraction of sp³-hybridized carbons (Fsp3) is 0.769. The Morgan fingerprint density at radius 1 is 1.47 bits per heavy atom. The molecule has 0 saturated heterocycles. The third-order valence-electron chi connectivity index (χ3n) is 3.33. The zero-order chi connectivity index (χ0) is 14.6. The highest BCUT2D eigenvalue weighted by Gasteiger charge is 2.51. The highest BCUT2D eigenvalue weighted by Crippen LogP contribution is 2.52. The normalized spacial score (nSPS) is 19.5. The second-order valence-corrected chi connectivity index (χ2v) is 5.57. The minimum atomic E-state index is -0.405. The third-order valence-corrected chi connectivity index (χ3v) is 3.33. The van der Waals surface area contributed by atoms with Crippen molar-refractivity contribution in [2.24, 2.45) is 11.3 Å². The summed E-state index contributed by atoms with van der Waals surface area (Å²) in [6.07, 6.45) is 1.60. The SMILES string of the molecule is CCCN(C(C)=N)C(=O)NCOC(=O)C1CC1(C)C. The van der Waals surface area contributed by atoms with Gasteiger partial charge in [0.25, 0.3) is 0 Å². The van der Waals surface area contributed by atoms with Crippen LogP contribution in [-0.4, -0.2) is 36.0 Å². The largest absolute Gasteiger partial charge is 0.444 e. The maximum Gasteiger partial charge on any atom is 0.325 e. The van der Waals surface area contributed by atoms with Gasteiger partial charge < -0.3 is 10.1 Å². The highest BCUT2D eigenvalue weighted by molar-refractivity contribution is 5.94. The molecule has 0 aromatic rings. The van der Waals surface area contributed by atoms with Gasteiger partial charge in [-0.1, -0.05) is 20.8 Å². The quantitative estimate of drug-likeness (QED) is 0.346. The van der Waals surface area contributed by atoms with Crippen LogP contribution >= 0.6 is 0 Å². The van der Waals surface area contributed by atoms with Crippen molar-refractivity contribution in [1.29, 1.82) is 5.41 Å². The topological polar surface area (TPSA) is 82.5 Å². The number of urea groups is 1. The van der Waals surface area contributed by atoms with Gasteiger partial charge in [0, 0.05) is 6.54 Å². The molecule has 6 nitrogen and oxygen atoms in total. The van der Waals surface area contributed by atoms with E-state index in [1.165, 1.54) is 4.90 Å². The molecular weight excluding hydrogens is 246 g/mol. The number of amides is 2. The van der Waals surface area contributed by atoms with Gasteiger partial charge in [-0.3, -0.25) is 15.1 Å². The van der Waals surface area contributed by atoms with Gasteiger partial charge in [0.15, 0.2) is 6.73 Å². The molecule has 2 amide bonds. The fourth-order valence-electron chi connectivity index (χ4n) is 1.88. The summed E-state index contributed by atoms with van der Waals surface area (Å²) in [5.41, 5.74) is 0.0287. The molecular formula is C13H23N3O3. The smallest absolute Gasteiger partial charge is 0.325 e. The van der Waals surface area contributed by atoms with Crippen molar-refractivity contribution >= 4 is 17.8 Å². The van der Waals surface area contributed by atoms with Crippen molar-refractivity contribution in [2.75, 3.05) is 13.3 Å². The van der Waals surface area contributed by atoms with E-state index < -0.39 is 6.03 Å². The minimum absolute atomic E-state index is 0.0287. The maximum absolute atomic E-state index is 11.8. The lowest BCUT2D eigenvalue weighted by atomic mass is 10.1. The average Bonchev–Trinajstić information content (AvgIpc) is 2.94. The first-order valence-electron chi connectivity index (χ1n) is 6.56. The van der Waals surface area contributed by atoms with Crippen molar-refractivity contribution in [3.8, 4) is 0 Å². The number of amidine groups is 1. The van der Waals surface area contributed by atoms with Crippen LogP contribution in [0.15, 0.2) is 0 Å². The third kappa shape index (κ3) is 4.22. The van der Waals surface area contributed by atoms with Gasteiger partial charge >= 0.3 is 12.0 Å². The molecule has 1 atom stereocenters. The van der Waals surface area contributed by atoms with Crippen molar-refractivity contribution in [2.45, 2.75) is 40.5 Å². The Bertz CT molecular complexity index is 379. The number of nitrogens with one attached hydrogen (secondary N) is 2. The fourth-order valence-corrected chi connectivity index (χ4v) is 1.88. The lowest BCUT2D eigenvalue weighted by molar-refractivity contribution is -0.146. The van der Waals surface area contributed by atoms with Crippen molar-refractivity contribution < 1.29 is 14.3 Å². The Balaban J connectivity index is 2.30. The van der Waals surface area contributed by atoms with Crippen molar-refractivity contribution in [3.63, 3.8) is 0 Å². The van der Waals surface area contributed by atoms with E-state index in [-0.39, 0.29) is 29.9 Å². The number of hydrogen-bond donors (Lipinski definition) is 2. The summed E-state index contributed by atoms with van der Waals surface area (Å²) in [6, 6.07) is -0.405. The molecule has 1 fully saturated rings. The number of hydrogen-bond acceptors (Lipinski definition) is 4. The minimum Gasteiger partial charge on any atom is -0.444 e. The molecule has 1 unspecified atom stereocenters. The zero-order valence-corrected chi connectivity index (χ0v) is 12.1. The standard InChI is InChI=1S/C13H23N3O3/c1-5-6-16(9(2)14)12(18)15-8-19-11(17)10-7-13(10,3)4/h10,14H,5-8H2,1-4H3,(H,15,18). The summed E-state index contributed by atoms with van der Waals surface area (Å²) in [6.45, 7) is 7.84. The molecule has 1 saturated carbocycles. The van der Waals surface area contributed by atoms with Crippen molar-refractivity contribution in [1.82, 2.24) is 10.2 Å². The van der Waals surface area contributed by atoms with E-state index in [0.29, 0.717) is 6.54 Å². The molecule has 2 N–H and O–H groups in total. The van der Waals surface area contributed by atoms with E-state index in [4.69, 9.17) is 10.1 Å². The second-order valence-electron chi connectivity index (χ2n) is 5.57. The molecule has 108 valence electrons. The number of carbonyl (C=O) groups is 2. The van der Waals surface area contributed by atoms with Gasteiger partial charge in [-0.15, -0.1) is 0 Å². The van der Waals surface area contributed by atoms with Gasteiger partial charge in [-0.05, 0) is 25.2 Å². The Kier molecular flexibility index (Phi) is 4.91. The van der Waals surface area contributed by atoms with Crippen LogP contribution < -0.4 is 5.32 Å². The van der Waals surface area contributed by atoms with E-state index in [0.717, 1.165) is 12.8 Å². The number of nitrogens with zero attached hydrogens (tertiary/aromatic N) is 1. The second kappa shape index (κ2) is 6.04. The Morgan fingerprint density at radius 3 is 2.47 bits per heavy atom.